The van der Waals surface area contributed by atoms with Gasteiger partial charge in [0, 0.05) is 44.0 Å². The minimum absolute atomic E-state index is 0.0744. The van der Waals surface area contributed by atoms with E-state index in [0.29, 0.717) is 5.69 Å². The maximum atomic E-state index is 13.3. The van der Waals surface area contributed by atoms with E-state index in [1.807, 2.05) is 36.4 Å². The second-order valence-electron chi connectivity index (χ2n) is 7.41. The number of amides is 1. The third kappa shape index (κ3) is 5.11. The van der Waals surface area contributed by atoms with Crippen LogP contribution in [0.1, 0.15) is 21.7 Å². The van der Waals surface area contributed by atoms with E-state index in [0.717, 1.165) is 62.7 Å². The lowest BCUT2D eigenvalue weighted by Gasteiger charge is -2.34. The van der Waals surface area contributed by atoms with Crippen LogP contribution in [-0.4, -0.2) is 41.9 Å². The lowest BCUT2D eigenvalue weighted by Crippen LogP contribution is -2.45. The highest BCUT2D eigenvalue weighted by Crippen LogP contribution is 2.16. The number of carbonyl (C=O) groups excluding carboxylic acids is 1. The maximum Gasteiger partial charge on any atom is 0.255 e. The molecule has 1 aromatic heterocycles. The molecule has 2 aromatic carbocycles. The molecule has 0 aliphatic carbocycles. The molecule has 1 aliphatic rings. The number of rotatable bonds is 6. The largest absolute Gasteiger partial charge is 0.468 e. The average Bonchev–Trinajstić information content (AvgIpc) is 3.26. The van der Waals surface area contributed by atoms with Gasteiger partial charge in [0.2, 0.25) is 0 Å². The molecule has 4 rings (SSSR count). The number of nitrogens with one attached hydrogen (secondary N) is 1. The highest BCUT2D eigenvalue weighted by Gasteiger charge is 2.18. The number of nitrogens with zero attached hydrogens (tertiary/aromatic N) is 2. The molecule has 0 spiro atoms. The van der Waals surface area contributed by atoms with Gasteiger partial charge in [-0.15, -0.1) is 0 Å². The first kappa shape index (κ1) is 20.3. The molecule has 0 unspecified atom stereocenters. The molecule has 1 aliphatic heterocycles. The van der Waals surface area contributed by atoms with Gasteiger partial charge in [-0.3, -0.25) is 14.6 Å². The Labute approximate surface area is 173 Å². The van der Waals surface area contributed by atoms with Crippen LogP contribution in [0.5, 0.6) is 0 Å². The lowest BCUT2D eigenvalue weighted by molar-refractivity contribution is 0.102. The minimum atomic E-state index is -1.04. The summed E-state index contributed by atoms with van der Waals surface area (Å²) >= 11 is 0. The van der Waals surface area contributed by atoms with Crippen molar-refractivity contribution in [3.8, 4) is 0 Å². The van der Waals surface area contributed by atoms with Crippen LogP contribution in [0.4, 0.5) is 14.5 Å². The number of benzene rings is 2. The SMILES string of the molecule is O=C(Nc1ccc(CN2CCN(Cc3ccco3)CC2)cc1)c1ccc(F)c(F)c1. The molecule has 1 N–H and O–H groups in total. The Hall–Kier alpha value is -3.03. The van der Waals surface area contributed by atoms with Crippen molar-refractivity contribution in [2.45, 2.75) is 13.1 Å². The van der Waals surface area contributed by atoms with Gasteiger partial charge in [-0.1, -0.05) is 12.1 Å². The topological polar surface area (TPSA) is 48.7 Å². The third-order valence-electron chi connectivity index (χ3n) is 5.22. The molecule has 3 aromatic rings. The zero-order valence-corrected chi connectivity index (χ0v) is 16.5. The monoisotopic (exact) mass is 411 g/mol. The Morgan fingerprint density at radius 2 is 1.60 bits per heavy atom. The second kappa shape index (κ2) is 9.19. The normalized spacial score (nSPS) is 15.3. The van der Waals surface area contributed by atoms with E-state index in [-0.39, 0.29) is 5.56 Å². The molecule has 2 heterocycles. The summed E-state index contributed by atoms with van der Waals surface area (Å²) in [4.78, 5) is 17.0. The van der Waals surface area contributed by atoms with Gasteiger partial charge >= 0.3 is 0 Å². The van der Waals surface area contributed by atoms with Crippen LogP contribution >= 0.6 is 0 Å². The molecule has 156 valence electrons. The molecule has 5 nitrogen and oxygen atoms in total. The summed E-state index contributed by atoms with van der Waals surface area (Å²) in [6.07, 6.45) is 1.70. The van der Waals surface area contributed by atoms with Crippen molar-refractivity contribution in [3.63, 3.8) is 0 Å². The van der Waals surface area contributed by atoms with Crippen LogP contribution in [-0.2, 0) is 13.1 Å². The average molecular weight is 411 g/mol. The molecule has 30 heavy (non-hydrogen) atoms. The molecule has 1 fully saturated rings. The van der Waals surface area contributed by atoms with Crippen LogP contribution < -0.4 is 5.32 Å². The van der Waals surface area contributed by atoms with E-state index in [4.69, 9.17) is 4.42 Å². The van der Waals surface area contributed by atoms with Crippen molar-refractivity contribution >= 4 is 11.6 Å². The quantitative estimate of drug-likeness (QED) is 0.663. The zero-order chi connectivity index (χ0) is 20.9. The predicted octanol–water partition coefficient (Wildman–Crippen LogP) is 4.13. The number of piperazine rings is 1. The Bertz CT molecular complexity index is 982. The Balaban J connectivity index is 1.26. The van der Waals surface area contributed by atoms with E-state index in [1.165, 1.54) is 6.07 Å². The van der Waals surface area contributed by atoms with E-state index >= 15 is 0 Å². The smallest absolute Gasteiger partial charge is 0.255 e. The highest BCUT2D eigenvalue weighted by atomic mass is 19.2. The Morgan fingerprint density at radius 1 is 0.900 bits per heavy atom. The first-order valence-corrected chi connectivity index (χ1v) is 9.89. The van der Waals surface area contributed by atoms with Gasteiger partial charge in [-0.25, -0.2) is 8.78 Å². The van der Waals surface area contributed by atoms with Crippen molar-refractivity contribution in [2.24, 2.45) is 0 Å². The minimum Gasteiger partial charge on any atom is -0.468 e. The van der Waals surface area contributed by atoms with Gasteiger partial charge in [-0.2, -0.15) is 0 Å². The Morgan fingerprint density at radius 3 is 2.23 bits per heavy atom. The molecule has 0 bridgehead atoms. The van der Waals surface area contributed by atoms with Gasteiger partial charge in [0.1, 0.15) is 5.76 Å². The summed E-state index contributed by atoms with van der Waals surface area (Å²) in [5, 5.41) is 2.71. The van der Waals surface area contributed by atoms with Gasteiger partial charge in [-0.05, 0) is 48.0 Å². The molecule has 1 amide bonds. The molecule has 0 radical (unpaired) electrons. The molecule has 7 heteroatoms. The molecule has 1 saturated heterocycles. The van der Waals surface area contributed by atoms with E-state index in [9.17, 15) is 13.6 Å². The fourth-order valence-corrected chi connectivity index (χ4v) is 3.52. The molecular formula is C23H23F2N3O2. The van der Waals surface area contributed by atoms with Crippen LogP contribution in [0.15, 0.2) is 65.3 Å². The summed E-state index contributed by atoms with van der Waals surface area (Å²) in [6.45, 7) is 5.62. The summed E-state index contributed by atoms with van der Waals surface area (Å²) in [7, 11) is 0. The number of furan rings is 1. The first-order valence-electron chi connectivity index (χ1n) is 9.89. The van der Waals surface area contributed by atoms with E-state index in [2.05, 4.69) is 15.1 Å². The van der Waals surface area contributed by atoms with Gasteiger partial charge < -0.3 is 9.73 Å². The lowest BCUT2D eigenvalue weighted by atomic mass is 10.1. The van der Waals surface area contributed by atoms with Crippen molar-refractivity contribution in [2.75, 3.05) is 31.5 Å². The van der Waals surface area contributed by atoms with Crippen LogP contribution in [0.2, 0.25) is 0 Å². The summed E-state index contributed by atoms with van der Waals surface area (Å²) in [6, 6.07) is 14.6. The van der Waals surface area contributed by atoms with Crippen molar-refractivity contribution in [1.82, 2.24) is 9.80 Å². The number of hydrogen-bond donors (Lipinski definition) is 1. The summed E-state index contributed by atoms with van der Waals surface area (Å²) in [5.74, 6) is -1.50. The van der Waals surface area contributed by atoms with E-state index < -0.39 is 17.5 Å². The molecule has 0 saturated carbocycles. The fourth-order valence-electron chi connectivity index (χ4n) is 3.52. The fraction of sp³-hybridized carbons (Fsp3) is 0.261. The van der Waals surface area contributed by atoms with Gasteiger partial charge in [0.25, 0.3) is 5.91 Å². The predicted molar refractivity (Wildman–Crippen MR) is 110 cm³/mol. The molecular weight excluding hydrogens is 388 g/mol. The number of halogens is 2. The zero-order valence-electron chi connectivity index (χ0n) is 16.5. The van der Waals surface area contributed by atoms with Gasteiger partial charge in [0.15, 0.2) is 11.6 Å². The number of anilines is 1. The standard InChI is InChI=1S/C23H23F2N3O2/c24-21-8-5-18(14-22(21)25)23(29)26-19-6-3-17(4-7-19)15-27-9-11-28(12-10-27)16-20-2-1-13-30-20/h1-8,13-14H,9-12,15-16H2,(H,26,29). The van der Waals surface area contributed by atoms with E-state index in [1.54, 1.807) is 6.26 Å². The summed E-state index contributed by atoms with van der Waals surface area (Å²) < 4.78 is 31.7. The second-order valence-corrected chi connectivity index (χ2v) is 7.41. The Kier molecular flexibility index (Phi) is 6.21. The van der Waals surface area contributed by atoms with Crippen molar-refractivity contribution < 1.29 is 18.0 Å². The highest BCUT2D eigenvalue weighted by molar-refractivity contribution is 6.04. The molecule has 0 atom stereocenters. The third-order valence-corrected chi connectivity index (χ3v) is 5.22. The van der Waals surface area contributed by atoms with Gasteiger partial charge in [0.05, 0.1) is 12.8 Å². The van der Waals surface area contributed by atoms with Crippen molar-refractivity contribution in [1.29, 1.82) is 0 Å². The van der Waals surface area contributed by atoms with Crippen LogP contribution in [0.3, 0.4) is 0 Å². The number of hydrogen-bond acceptors (Lipinski definition) is 4. The van der Waals surface area contributed by atoms with Crippen LogP contribution in [0.25, 0.3) is 0 Å². The number of carbonyl (C=O) groups is 1. The van der Waals surface area contributed by atoms with Crippen molar-refractivity contribution in [3.05, 3.63) is 89.4 Å². The first-order chi connectivity index (χ1) is 14.6. The summed E-state index contributed by atoms with van der Waals surface area (Å²) in [5.41, 5.74) is 1.84. The van der Waals surface area contributed by atoms with Crippen LogP contribution in [0, 0.1) is 11.6 Å². The maximum absolute atomic E-state index is 13.3.